The third kappa shape index (κ3) is 3.36. The summed E-state index contributed by atoms with van der Waals surface area (Å²) in [5.41, 5.74) is 6.20. The molecule has 0 spiro atoms. The zero-order chi connectivity index (χ0) is 14.7. The van der Waals surface area contributed by atoms with Crippen molar-refractivity contribution in [2.45, 2.75) is 18.9 Å². The molecular formula is C15H13F4N. The summed E-state index contributed by atoms with van der Waals surface area (Å²) in [6, 6.07) is 6.43. The summed E-state index contributed by atoms with van der Waals surface area (Å²) >= 11 is 0. The summed E-state index contributed by atoms with van der Waals surface area (Å²) in [5, 5.41) is 0. The fourth-order valence-electron chi connectivity index (χ4n) is 2.03. The van der Waals surface area contributed by atoms with Gasteiger partial charge in [0.1, 0.15) is 11.6 Å². The Morgan fingerprint density at radius 1 is 0.800 bits per heavy atom. The van der Waals surface area contributed by atoms with Gasteiger partial charge >= 0.3 is 0 Å². The van der Waals surface area contributed by atoms with E-state index in [1.807, 2.05) is 0 Å². The zero-order valence-electron chi connectivity index (χ0n) is 10.5. The van der Waals surface area contributed by atoms with Crippen LogP contribution in [0, 0.1) is 23.3 Å². The van der Waals surface area contributed by atoms with Crippen LogP contribution in [0.15, 0.2) is 36.4 Å². The molecule has 0 bridgehead atoms. The van der Waals surface area contributed by atoms with Crippen molar-refractivity contribution in [3.05, 3.63) is 70.8 Å². The molecule has 2 aromatic rings. The highest BCUT2D eigenvalue weighted by Crippen LogP contribution is 2.16. The zero-order valence-corrected chi connectivity index (χ0v) is 10.5. The quantitative estimate of drug-likeness (QED) is 0.856. The van der Waals surface area contributed by atoms with Gasteiger partial charge in [-0.25, -0.2) is 17.6 Å². The minimum Gasteiger partial charge on any atom is -0.327 e. The average molecular weight is 283 g/mol. The van der Waals surface area contributed by atoms with Crippen LogP contribution in [0.1, 0.15) is 11.1 Å². The van der Waals surface area contributed by atoms with Gasteiger partial charge < -0.3 is 5.73 Å². The van der Waals surface area contributed by atoms with Gasteiger partial charge in [-0.15, -0.1) is 0 Å². The standard InChI is InChI=1S/C15H13F4N/c16-12-2-1-3-13(17)11(12)8-10(20)6-9-4-5-14(18)15(19)7-9/h1-5,7,10H,6,8,20H2. The van der Waals surface area contributed by atoms with E-state index < -0.39 is 29.3 Å². The van der Waals surface area contributed by atoms with E-state index in [1.54, 1.807) is 0 Å². The third-order valence-corrected chi connectivity index (χ3v) is 3.01. The molecule has 0 saturated carbocycles. The minimum absolute atomic E-state index is 0.0164. The summed E-state index contributed by atoms with van der Waals surface area (Å²) in [6.45, 7) is 0. The Hall–Kier alpha value is -1.88. The average Bonchev–Trinajstić information content (AvgIpc) is 2.38. The smallest absolute Gasteiger partial charge is 0.159 e. The van der Waals surface area contributed by atoms with Crippen LogP contribution in [-0.2, 0) is 12.8 Å². The Labute approximate surface area is 114 Å². The fraction of sp³-hybridized carbons (Fsp3) is 0.200. The van der Waals surface area contributed by atoms with E-state index in [2.05, 4.69) is 0 Å². The van der Waals surface area contributed by atoms with Crippen molar-refractivity contribution in [2.24, 2.45) is 5.73 Å². The number of halogens is 4. The van der Waals surface area contributed by atoms with E-state index >= 15 is 0 Å². The van der Waals surface area contributed by atoms with E-state index in [0.717, 1.165) is 24.3 Å². The van der Waals surface area contributed by atoms with Gasteiger partial charge in [-0.05, 0) is 42.7 Å². The van der Waals surface area contributed by atoms with E-state index in [9.17, 15) is 17.6 Å². The molecule has 0 saturated heterocycles. The SMILES string of the molecule is NC(Cc1ccc(F)c(F)c1)Cc1c(F)cccc1F. The van der Waals surface area contributed by atoms with Gasteiger partial charge in [-0.1, -0.05) is 12.1 Å². The molecule has 1 unspecified atom stereocenters. The summed E-state index contributed by atoms with van der Waals surface area (Å²) < 4.78 is 52.8. The molecule has 1 nitrogen and oxygen atoms in total. The lowest BCUT2D eigenvalue weighted by molar-refractivity contribution is 0.504. The maximum atomic E-state index is 13.5. The van der Waals surface area contributed by atoms with Crippen molar-refractivity contribution in [3.8, 4) is 0 Å². The second-order valence-electron chi connectivity index (χ2n) is 4.62. The number of hydrogen-bond donors (Lipinski definition) is 1. The van der Waals surface area contributed by atoms with Crippen LogP contribution in [0.25, 0.3) is 0 Å². The van der Waals surface area contributed by atoms with Crippen molar-refractivity contribution in [3.63, 3.8) is 0 Å². The predicted molar refractivity (Wildman–Crippen MR) is 68.1 cm³/mol. The summed E-state index contributed by atoms with van der Waals surface area (Å²) in [4.78, 5) is 0. The molecule has 2 rings (SSSR count). The first-order valence-electron chi connectivity index (χ1n) is 6.09. The molecule has 2 N–H and O–H groups in total. The lowest BCUT2D eigenvalue weighted by Crippen LogP contribution is -2.26. The summed E-state index contributed by atoms with van der Waals surface area (Å²) in [5.74, 6) is -3.23. The molecule has 0 aromatic heterocycles. The van der Waals surface area contributed by atoms with Crippen molar-refractivity contribution >= 4 is 0 Å². The Balaban J connectivity index is 2.09. The van der Waals surface area contributed by atoms with Crippen molar-refractivity contribution in [2.75, 3.05) is 0 Å². The van der Waals surface area contributed by atoms with Crippen LogP contribution >= 0.6 is 0 Å². The highest BCUT2D eigenvalue weighted by molar-refractivity contribution is 5.23. The maximum absolute atomic E-state index is 13.5. The topological polar surface area (TPSA) is 26.0 Å². The van der Waals surface area contributed by atoms with Gasteiger partial charge in [0, 0.05) is 11.6 Å². The molecule has 0 aliphatic heterocycles. The van der Waals surface area contributed by atoms with E-state index in [-0.39, 0.29) is 18.4 Å². The normalized spacial score (nSPS) is 12.4. The van der Waals surface area contributed by atoms with Gasteiger partial charge in [-0.3, -0.25) is 0 Å². The molecule has 0 amide bonds. The first kappa shape index (κ1) is 14.5. The molecule has 0 fully saturated rings. The second-order valence-corrected chi connectivity index (χ2v) is 4.62. The molecule has 2 aromatic carbocycles. The van der Waals surface area contributed by atoms with Gasteiger partial charge in [-0.2, -0.15) is 0 Å². The minimum atomic E-state index is -0.966. The van der Waals surface area contributed by atoms with E-state index in [0.29, 0.717) is 5.56 Å². The van der Waals surface area contributed by atoms with Gasteiger partial charge in [0.2, 0.25) is 0 Å². The summed E-state index contributed by atoms with van der Waals surface area (Å²) in [6.07, 6.45) is 0.183. The lowest BCUT2D eigenvalue weighted by atomic mass is 9.99. The molecule has 1 atom stereocenters. The fourth-order valence-corrected chi connectivity index (χ4v) is 2.03. The lowest BCUT2D eigenvalue weighted by Gasteiger charge is -2.13. The molecule has 20 heavy (non-hydrogen) atoms. The molecular weight excluding hydrogens is 270 g/mol. The van der Waals surface area contributed by atoms with Crippen LogP contribution in [0.3, 0.4) is 0 Å². The number of benzene rings is 2. The number of nitrogens with two attached hydrogens (primary N) is 1. The molecule has 0 aliphatic rings. The molecule has 5 heteroatoms. The molecule has 0 heterocycles. The maximum Gasteiger partial charge on any atom is 0.159 e. The van der Waals surface area contributed by atoms with Crippen molar-refractivity contribution in [1.29, 1.82) is 0 Å². The second kappa shape index (κ2) is 6.05. The molecule has 0 aliphatic carbocycles. The van der Waals surface area contributed by atoms with E-state index in [4.69, 9.17) is 5.73 Å². The van der Waals surface area contributed by atoms with Crippen LogP contribution in [0.2, 0.25) is 0 Å². The third-order valence-electron chi connectivity index (χ3n) is 3.01. The Morgan fingerprint density at radius 2 is 1.45 bits per heavy atom. The molecule has 106 valence electrons. The highest BCUT2D eigenvalue weighted by atomic mass is 19.2. The van der Waals surface area contributed by atoms with Gasteiger partial charge in [0.05, 0.1) is 0 Å². The Morgan fingerprint density at radius 3 is 2.05 bits per heavy atom. The van der Waals surface area contributed by atoms with Gasteiger partial charge in [0.25, 0.3) is 0 Å². The first-order chi connectivity index (χ1) is 9.47. The molecule has 0 radical (unpaired) electrons. The largest absolute Gasteiger partial charge is 0.327 e. The number of rotatable bonds is 4. The van der Waals surface area contributed by atoms with Crippen LogP contribution in [-0.4, -0.2) is 6.04 Å². The Bertz CT molecular complexity index is 593. The van der Waals surface area contributed by atoms with Crippen LogP contribution < -0.4 is 5.73 Å². The monoisotopic (exact) mass is 283 g/mol. The van der Waals surface area contributed by atoms with Gasteiger partial charge in [0.15, 0.2) is 11.6 Å². The highest BCUT2D eigenvalue weighted by Gasteiger charge is 2.14. The Kier molecular flexibility index (Phi) is 4.39. The van der Waals surface area contributed by atoms with Crippen molar-refractivity contribution in [1.82, 2.24) is 0 Å². The van der Waals surface area contributed by atoms with Crippen LogP contribution in [0.4, 0.5) is 17.6 Å². The number of hydrogen-bond acceptors (Lipinski definition) is 1. The first-order valence-corrected chi connectivity index (χ1v) is 6.09. The predicted octanol–water partition coefficient (Wildman–Crippen LogP) is 3.36. The van der Waals surface area contributed by atoms with E-state index in [1.165, 1.54) is 12.1 Å². The van der Waals surface area contributed by atoms with Crippen LogP contribution in [0.5, 0.6) is 0 Å². The van der Waals surface area contributed by atoms with Crippen molar-refractivity contribution < 1.29 is 17.6 Å². The summed E-state index contributed by atoms with van der Waals surface area (Å²) in [7, 11) is 0.